The molecule has 0 spiro atoms. The van der Waals surface area contributed by atoms with Gasteiger partial charge in [-0.15, -0.1) is 0 Å². The first-order valence-electron chi connectivity index (χ1n) is 6.20. The molecule has 0 rings (SSSR count). The number of nitrogens with one attached hydrogen (secondary N) is 1. The number of carboxylic acid groups (broad SMARTS) is 1. The van der Waals surface area contributed by atoms with Crippen molar-refractivity contribution in [1.29, 1.82) is 0 Å². The van der Waals surface area contributed by atoms with Crippen molar-refractivity contribution < 1.29 is 29.0 Å². The molecule has 0 aliphatic rings. The molecule has 0 saturated carbocycles. The van der Waals surface area contributed by atoms with Gasteiger partial charge in [-0.05, 0) is 41.5 Å². The molecule has 7 nitrogen and oxygen atoms in total. The Balaban J connectivity index is 5.25. The van der Waals surface area contributed by atoms with Crippen molar-refractivity contribution in [3.8, 4) is 0 Å². The predicted molar refractivity (Wildman–Crippen MR) is 71.3 cm³/mol. The maximum atomic E-state index is 11.7. The maximum absolute atomic E-state index is 11.7. The quantitative estimate of drug-likeness (QED) is 0.590. The van der Waals surface area contributed by atoms with Crippen LogP contribution in [0.2, 0.25) is 0 Å². The van der Waals surface area contributed by atoms with E-state index in [2.05, 4.69) is 5.32 Å². The van der Waals surface area contributed by atoms with Crippen LogP contribution in [-0.2, 0) is 19.1 Å². The molecule has 1 atom stereocenters. The normalized spacial score (nSPS) is 15.1. The Morgan fingerprint density at radius 3 is 1.90 bits per heavy atom. The van der Waals surface area contributed by atoms with E-state index in [-0.39, 0.29) is 0 Å². The van der Waals surface area contributed by atoms with Crippen LogP contribution in [0.25, 0.3) is 0 Å². The summed E-state index contributed by atoms with van der Waals surface area (Å²) in [6, 6.07) is 0. The van der Waals surface area contributed by atoms with Gasteiger partial charge < -0.3 is 19.4 Å². The van der Waals surface area contributed by atoms with Gasteiger partial charge in [-0.25, -0.2) is 9.59 Å². The van der Waals surface area contributed by atoms with E-state index in [0.29, 0.717) is 6.29 Å². The molecule has 0 fully saturated rings. The number of alkyl carbamates (subject to hydrolysis) is 1. The number of hydrogen-bond donors (Lipinski definition) is 2. The molecule has 116 valence electrons. The third kappa shape index (κ3) is 6.51. The van der Waals surface area contributed by atoms with Crippen molar-refractivity contribution in [2.75, 3.05) is 0 Å². The third-order valence-corrected chi connectivity index (χ3v) is 1.90. The van der Waals surface area contributed by atoms with Gasteiger partial charge in [-0.1, -0.05) is 0 Å². The summed E-state index contributed by atoms with van der Waals surface area (Å²) in [6.45, 7) is 9.77. The topological polar surface area (TPSA) is 102 Å². The van der Waals surface area contributed by atoms with E-state index in [1.54, 1.807) is 41.5 Å². The molecular weight excluding hydrogens is 266 g/mol. The number of carbonyl (C=O) groups is 3. The zero-order valence-electron chi connectivity index (χ0n) is 12.8. The number of carboxylic acids is 1. The summed E-state index contributed by atoms with van der Waals surface area (Å²) in [5, 5.41) is 11.4. The highest BCUT2D eigenvalue weighted by molar-refractivity contribution is 5.85. The van der Waals surface area contributed by atoms with Crippen molar-refractivity contribution in [2.45, 2.75) is 64.9 Å². The van der Waals surface area contributed by atoms with Crippen LogP contribution in [0.15, 0.2) is 0 Å². The highest BCUT2D eigenvalue weighted by Gasteiger charge is 2.45. The van der Waals surface area contributed by atoms with Gasteiger partial charge in [-0.2, -0.15) is 0 Å². The minimum Gasteiger partial charge on any atom is -0.478 e. The zero-order chi connectivity index (χ0) is 16.2. The highest BCUT2D eigenvalue weighted by Crippen LogP contribution is 2.22. The molecule has 0 aromatic heterocycles. The van der Waals surface area contributed by atoms with Crippen LogP contribution >= 0.6 is 0 Å². The van der Waals surface area contributed by atoms with Crippen molar-refractivity contribution in [3.63, 3.8) is 0 Å². The summed E-state index contributed by atoms with van der Waals surface area (Å²) in [5.41, 5.74) is -3.82. The van der Waals surface area contributed by atoms with Crippen LogP contribution < -0.4 is 5.32 Å². The average molecular weight is 289 g/mol. The Hall–Kier alpha value is -1.63. The van der Waals surface area contributed by atoms with Crippen molar-refractivity contribution in [3.05, 3.63) is 0 Å². The SMILES string of the molecule is CC(C)(C)OC(=O)NC(CC=O)(OC(C)(C)C)C(=O)O. The number of carbonyl (C=O) groups excluding carboxylic acids is 2. The lowest BCUT2D eigenvalue weighted by Crippen LogP contribution is -2.60. The first kappa shape index (κ1) is 18.4. The molecule has 7 heteroatoms. The minimum atomic E-state index is -2.15. The fourth-order valence-electron chi connectivity index (χ4n) is 1.41. The summed E-state index contributed by atoms with van der Waals surface area (Å²) in [6.07, 6.45) is -1.12. The molecule has 0 saturated heterocycles. The lowest BCUT2D eigenvalue weighted by atomic mass is 10.1. The van der Waals surface area contributed by atoms with Gasteiger partial charge in [0.2, 0.25) is 5.72 Å². The number of amides is 1. The van der Waals surface area contributed by atoms with Gasteiger partial charge in [0.05, 0.1) is 12.0 Å². The summed E-state index contributed by atoms with van der Waals surface area (Å²) >= 11 is 0. The minimum absolute atomic E-state index is 0.372. The van der Waals surface area contributed by atoms with Crippen molar-refractivity contribution >= 4 is 18.3 Å². The lowest BCUT2D eigenvalue weighted by molar-refractivity contribution is -0.192. The molecule has 0 aromatic carbocycles. The van der Waals surface area contributed by atoms with E-state index in [0.717, 1.165) is 0 Å². The second-order valence-electron chi connectivity index (χ2n) is 6.34. The van der Waals surface area contributed by atoms with Gasteiger partial charge in [0, 0.05) is 0 Å². The van der Waals surface area contributed by atoms with E-state index < -0.39 is 35.4 Å². The van der Waals surface area contributed by atoms with Crippen LogP contribution in [0.3, 0.4) is 0 Å². The molecule has 0 aromatic rings. The van der Waals surface area contributed by atoms with Gasteiger partial charge >= 0.3 is 12.1 Å². The molecule has 0 aliphatic heterocycles. The van der Waals surface area contributed by atoms with Gasteiger partial charge in [-0.3, -0.25) is 5.32 Å². The molecule has 0 radical (unpaired) electrons. The van der Waals surface area contributed by atoms with E-state index in [1.165, 1.54) is 0 Å². The Kier molecular flexibility index (Phi) is 5.71. The fourth-order valence-corrected chi connectivity index (χ4v) is 1.41. The predicted octanol–water partition coefficient (Wildman–Crippen LogP) is 1.70. The number of rotatable bonds is 5. The maximum Gasteiger partial charge on any atom is 0.410 e. The number of aliphatic carboxylic acids is 1. The monoisotopic (exact) mass is 289 g/mol. The molecule has 1 unspecified atom stereocenters. The Bertz CT molecular complexity index is 379. The summed E-state index contributed by atoms with van der Waals surface area (Å²) in [4.78, 5) is 33.9. The number of hydrogen-bond acceptors (Lipinski definition) is 5. The number of aldehydes is 1. The first-order valence-corrected chi connectivity index (χ1v) is 6.20. The van der Waals surface area contributed by atoms with Gasteiger partial charge in [0.15, 0.2) is 0 Å². The second kappa shape index (κ2) is 6.21. The summed E-state index contributed by atoms with van der Waals surface area (Å²) < 4.78 is 10.4. The molecule has 1 amide bonds. The largest absolute Gasteiger partial charge is 0.478 e. The van der Waals surface area contributed by atoms with E-state index in [1.807, 2.05) is 0 Å². The third-order valence-electron chi connectivity index (χ3n) is 1.90. The first-order chi connectivity index (χ1) is 8.81. The van der Waals surface area contributed by atoms with Crippen LogP contribution in [0, 0.1) is 0 Å². The van der Waals surface area contributed by atoms with E-state index in [9.17, 15) is 19.5 Å². The van der Waals surface area contributed by atoms with Crippen LogP contribution in [0.1, 0.15) is 48.0 Å². The van der Waals surface area contributed by atoms with Crippen molar-refractivity contribution in [1.82, 2.24) is 5.32 Å². The Morgan fingerprint density at radius 1 is 1.10 bits per heavy atom. The second-order valence-corrected chi connectivity index (χ2v) is 6.34. The van der Waals surface area contributed by atoms with E-state index in [4.69, 9.17) is 9.47 Å². The Labute approximate surface area is 118 Å². The molecule has 0 aliphatic carbocycles. The highest BCUT2D eigenvalue weighted by atomic mass is 16.6. The fraction of sp³-hybridized carbons (Fsp3) is 0.769. The van der Waals surface area contributed by atoms with Crippen LogP contribution in [0.5, 0.6) is 0 Å². The molecule has 0 heterocycles. The molecular formula is C13H23NO6. The lowest BCUT2D eigenvalue weighted by Gasteiger charge is -2.35. The molecule has 2 N–H and O–H groups in total. The summed E-state index contributed by atoms with van der Waals surface area (Å²) in [5.74, 6) is -1.47. The van der Waals surface area contributed by atoms with Crippen molar-refractivity contribution in [2.24, 2.45) is 0 Å². The zero-order valence-corrected chi connectivity index (χ0v) is 12.8. The summed E-state index contributed by atoms with van der Waals surface area (Å²) in [7, 11) is 0. The van der Waals surface area contributed by atoms with Gasteiger partial charge in [0.1, 0.15) is 11.9 Å². The average Bonchev–Trinajstić information content (AvgIpc) is 2.10. The molecule has 0 bridgehead atoms. The van der Waals surface area contributed by atoms with Gasteiger partial charge in [0.25, 0.3) is 0 Å². The van der Waals surface area contributed by atoms with Crippen LogP contribution in [0.4, 0.5) is 4.79 Å². The number of ether oxygens (including phenoxy) is 2. The van der Waals surface area contributed by atoms with E-state index >= 15 is 0 Å². The van der Waals surface area contributed by atoms with Crippen LogP contribution in [-0.4, -0.2) is 40.4 Å². The molecule has 20 heavy (non-hydrogen) atoms. The standard InChI is InChI=1S/C13H23NO6/c1-11(2,3)19-10(18)14-13(7-8-15,9(16)17)20-12(4,5)6/h8H,7H2,1-6H3,(H,14,18)(H,16,17). The smallest absolute Gasteiger partial charge is 0.410 e. The Morgan fingerprint density at radius 2 is 1.60 bits per heavy atom.